The fraction of sp³-hybridized carbons (Fsp3) is 0.290. The number of H-pyrrole nitrogens is 1. The van der Waals surface area contributed by atoms with Gasteiger partial charge in [0.15, 0.2) is 0 Å². The van der Waals surface area contributed by atoms with E-state index in [1.54, 1.807) is 13.8 Å². The van der Waals surface area contributed by atoms with Crippen LogP contribution in [0.1, 0.15) is 36.1 Å². The van der Waals surface area contributed by atoms with Gasteiger partial charge in [-0.2, -0.15) is 26.3 Å². The van der Waals surface area contributed by atoms with Crippen LogP contribution in [0.2, 0.25) is 0 Å². The molecule has 3 amide bonds. The number of hydrogen-bond donors (Lipinski definition) is 2. The molecule has 0 saturated carbocycles. The van der Waals surface area contributed by atoms with E-state index < -0.39 is 48.0 Å². The maximum Gasteiger partial charge on any atom is 0.416 e. The number of alkyl halides is 6. The van der Waals surface area contributed by atoms with Crippen LogP contribution in [0.4, 0.5) is 36.8 Å². The second kappa shape index (κ2) is 12.8. The molecule has 0 aliphatic rings. The van der Waals surface area contributed by atoms with Crippen LogP contribution in [0, 0.1) is 0 Å². The number of para-hydroxylation sites is 1. The van der Waals surface area contributed by atoms with E-state index in [1.807, 2.05) is 30.5 Å². The minimum absolute atomic E-state index is 0.0134. The van der Waals surface area contributed by atoms with Crippen LogP contribution in [0.5, 0.6) is 0 Å². The van der Waals surface area contributed by atoms with E-state index in [-0.39, 0.29) is 18.8 Å². The Hall–Kier alpha value is -4.48. The molecule has 228 valence electrons. The predicted octanol–water partition coefficient (Wildman–Crippen LogP) is 7.72. The number of halogens is 6. The molecule has 1 aromatic heterocycles. The SMILES string of the molecule is CC(C)N(CC(=O)N(CCc1c[nH]c2ccccc12)Cc1ccc(C(F)(F)F)cc1)C(=O)Nc1cccc(C(F)(F)F)c1. The van der Waals surface area contributed by atoms with Gasteiger partial charge in [-0.25, -0.2) is 4.79 Å². The standard InChI is InChI=1S/C31H30F6N4O2/c1-20(2)41(29(43)39-25-7-5-6-24(16-25)31(35,36)37)19-28(42)40(18-21-10-12-23(13-11-21)30(32,33)34)15-14-22-17-38-27-9-4-3-8-26(22)27/h3-13,16-17,20,38H,14-15,18-19H2,1-2H3,(H,39,43). The van der Waals surface area contributed by atoms with E-state index in [0.29, 0.717) is 12.0 Å². The number of amides is 3. The lowest BCUT2D eigenvalue weighted by atomic mass is 10.1. The van der Waals surface area contributed by atoms with Gasteiger partial charge in [0.05, 0.1) is 11.1 Å². The predicted molar refractivity (Wildman–Crippen MR) is 151 cm³/mol. The summed E-state index contributed by atoms with van der Waals surface area (Å²) in [5, 5.41) is 3.40. The highest BCUT2D eigenvalue weighted by molar-refractivity contribution is 5.92. The van der Waals surface area contributed by atoms with Crippen molar-refractivity contribution in [2.24, 2.45) is 0 Å². The van der Waals surface area contributed by atoms with Crippen molar-refractivity contribution in [2.75, 3.05) is 18.4 Å². The van der Waals surface area contributed by atoms with Gasteiger partial charge in [0, 0.05) is 41.9 Å². The third-order valence-corrected chi connectivity index (χ3v) is 6.96. The van der Waals surface area contributed by atoms with E-state index >= 15 is 0 Å². The van der Waals surface area contributed by atoms with Crippen molar-refractivity contribution in [1.82, 2.24) is 14.8 Å². The Morgan fingerprint density at radius 3 is 2.19 bits per heavy atom. The number of nitrogens with zero attached hydrogens (tertiary/aromatic N) is 2. The molecule has 12 heteroatoms. The van der Waals surface area contributed by atoms with Crippen LogP contribution in [0.3, 0.4) is 0 Å². The Morgan fingerprint density at radius 1 is 0.860 bits per heavy atom. The highest BCUT2D eigenvalue weighted by Crippen LogP contribution is 2.31. The van der Waals surface area contributed by atoms with Gasteiger partial charge in [-0.05, 0) is 67.8 Å². The average molecular weight is 605 g/mol. The second-order valence-corrected chi connectivity index (χ2v) is 10.3. The van der Waals surface area contributed by atoms with Gasteiger partial charge in [0.1, 0.15) is 6.54 Å². The summed E-state index contributed by atoms with van der Waals surface area (Å²) in [5.41, 5.74) is 0.477. The van der Waals surface area contributed by atoms with Crippen LogP contribution in [0.15, 0.2) is 79.0 Å². The third kappa shape index (κ3) is 8.08. The maximum atomic E-state index is 13.6. The molecule has 1 heterocycles. The number of anilines is 1. The molecule has 0 unspecified atom stereocenters. The summed E-state index contributed by atoms with van der Waals surface area (Å²) in [7, 11) is 0. The number of hydrogen-bond acceptors (Lipinski definition) is 2. The van der Waals surface area contributed by atoms with Gasteiger partial charge in [0.25, 0.3) is 0 Å². The van der Waals surface area contributed by atoms with Gasteiger partial charge in [0.2, 0.25) is 5.91 Å². The molecule has 43 heavy (non-hydrogen) atoms. The number of aromatic nitrogens is 1. The molecule has 0 bridgehead atoms. The lowest BCUT2D eigenvalue weighted by Gasteiger charge is -2.30. The lowest BCUT2D eigenvalue weighted by molar-refractivity contribution is -0.138. The monoisotopic (exact) mass is 604 g/mol. The molecule has 0 saturated heterocycles. The number of carbonyl (C=O) groups excluding carboxylic acids is 2. The van der Waals surface area contributed by atoms with E-state index in [4.69, 9.17) is 0 Å². The molecule has 0 radical (unpaired) electrons. The highest BCUT2D eigenvalue weighted by Gasteiger charge is 2.32. The minimum Gasteiger partial charge on any atom is -0.361 e. The van der Waals surface area contributed by atoms with Crippen molar-refractivity contribution in [1.29, 1.82) is 0 Å². The molecule has 4 rings (SSSR count). The zero-order chi connectivity index (χ0) is 31.4. The number of urea groups is 1. The number of fused-ring (bicyclic) bond motifs is 1. The summed E-state index contributed by atoms with van der Waals surface area (Å²) < 4.78 is 78.7. The first-order valence-electron chi connectivity index (χ1n) is 13.5. The lowest BCUT2D eigenvalue weighted by Crippen LogP contribution is -2.47. The third-order valence-electron chi connectivity index (χ3n) is 6.96. The number of benzene rings is 3. The summed E-state index contributed by atoms with van der Waals surface area (Å²) in [6.07, 6.45) is -6.85. The Kier molecular flexibility index (Phi) is 9.37. The summed E-state index contributed by atoms with van der Waals surface area (Å²) in [6.45, 7) is 3.09. The minimum atomic E-state index is -4.60. The Balaban J connectivity index is 1.53. The molecule has 0 spiro atoms. The number of carbonyl (C=O) groups is 2. The van der Waals surface area contributed by atoms with Crippen LogP contribution >= 0.6 is 0 Å². The van der Waals surface area contributed by atoms with Crippen LogP contribution in [-0.2, 0) is 30.1 Å². The summed E-state index contributed by atoms with van der Waals surface area (Å²) >= 11 is 0. The summed E-state index contributed by atoms with van der Waals surface area (Å²) in [4.78, 5) is 32.5. The summed E-state index contributed by atoms with van der Waals surface area (Å²) in [6, 6.07) is 15.0. The van der Waals surface area contributed by atoms with Crippen molar-refractivity contribution < 1.29 is 35.9 Å². The molecule has 0 aliphatic heterocycles. The van der Waals surface area contributed by atoms with Gasteiger partial charge >= 0.3 is 18.4 Å². The zero-order valence-corrected chi connectivity index (χ0v) is 23.4. The first-order chi connectivity index (χ1) is 20.2. The van der Waals surface area contributed by atoms with E-state index in [2.05, 4.69) is 10.3 Å². The van der Waals surface area contributed by atoms with Crippen molar-refractivity contribution in [2.45, 2.75) is 45.2 Å². The molecular formula is C31H30F6N4O2. The molecule has 6 nitrogen and oxygen atoms in total. The Morgan fingerprint density at radius 2 is 1.53 bits per heavy atom. The zero-order valence-electron chi connectivity index (χ0n) is 23.4. The summed E-state index contributed by atoms with van der Waals surface area (Å²) in [5.74, 6) is -0.479. The molecule has 0 fully saturated rings. The van der Waals surface area contributed by atoms with Gasteiger partial charge in [-0.1, -0.05) is 36.4 Å². The number of aromatic amines is 1. The van der Waals surface area contributed by atoms with Gasteiger partial charge in [-0.3, -0.25) is 4.79 Å². The smallest absolute Gasteiger partial charge is 0.361 e. The topological polar surface area (TPSA) is 68.4 Å². The fourth-order valence-corrected chi connectivity index (χ4v) is 4.61. The largest absolute Gasteiger partial charge is 0.416 e. The van der Waals surface area contributed by atoms with Gasteiger partial charge < -0.3 is 20.1 Å². The molecule has 2 N–H and O–H groups in total. The van der Waals surface area contributed by atoms with Crippen LogP contribution in [-0.4, -0.2) is 45.9 Å². The molecular weight excluding hydrogens is 574 g/mol. The molecule has 0 aliphatic carbocycles. The Labute approximate surface area is 244 Å². The molecule has 3 aromatic carbocycles. The van der Waals surface area contributed by atoms with Gasteiger partial charge in [-0.15, -0.1) is 0 Å². The van der Waals surface area contributed by atoms with E-state index in [1.165, 1.54) is 34.1 Å². The second-order valence-electron chi connectivity index (χ2n) is 10.3. The quantitative estimate of drug-likeness (QED) is 0.192. The number of nitrogens with one attached hydrogen (secondary N) is 2. The van der Waals surface area contributed by atoms with Crippen molar-refractivity contribution >= 4 is 28.5 Å². The fourth-order valence-electron chi connectivity index (χ4n) is 4.61. The van der Waals surface area contributed by atoms with E-state index in [9.17, 15) is 35.9 Å². The first kappa shape index (κ1) is 31.5. The normalized spacial score (nSPS) is 12.0. The highest BCUT2D eigenvalue weighted by atomic mass is 19.4. The van der Waals surface area contributed by atoms with Crippen LogP contribution in [0.25, 0.3) is 10.9 Å². The maximum absolute atomic E-state index is 13.6. The first-order valence-corrected chi connectivity index (χ1v) is 13.5. The van der Waals surface area contributed by atoms with Crippen molar-refractivity contribution in [3.8, 4) is 0 Å². The average Bonchev–Trinajstić information content (AvgIpc) is 3.36. The van der Waals surface area contributed by atoms with Crippen molar-refractivity contribution in [3.05, 3.63) is 101 Å². The molecule has 4 aromatic rings. The number of rotatable bonds is 9. The van der Waals surface area contributed by atoms with Crippen LogP contribution < -0.4 is 5.32 Å². The molecule has 0 atom stereocenters. The Bertz CT molecular complexity index is 1560. The van der Waals surface area contributed by atoms with Crippen molar-refractivity contribution in [3.63, 3.8) is 0 Å². The van der Waals surface area contributed by atoms with E-state index in [0.717, 1.165) is 40.7 Å².